The maximum atomic E-state index is 11.1. The minimum absolute atomic E-state index is 0.131. The lowest BCUT2D eigenvalue weighted by molar-refractivity contribution is 0.601. The van der Waals surface area contributed by atoms with Crippen molar-refractivity contribution in [3.63, 3.8) is 0 Å². The summed E-state index contributed by atoms with van der Waals surface area (Å²) in [4.78, 5) is 1.87. The topological polar surface area (TPSA) is 63.4 Å². The second-order valence-electron chi connectivity index (χ2n) is 4.37. The van der Waals surface area contributed by atoms with E-state index in [1.165, 1.54) is 6.26 Å². The third-order valence-corrected chi connectivity index (χ3v) is 3.96. The van der Waals surface area contributed by atoms with E-state index in [9.17, 15) is 8.42 Å². The van der Waals surface area contributed by atoms with Crippen molar-refractivity contribution in [1.82, 2.24) is 0 Å². The highest BCUT2D eigenvalue weighted by atomic mass is 35.5. The first kappa shape index (κ1) is 15.3. The van der Waals surface area contributed by atoms with Crippen molar-refractivity contribution in [2.75, 3.05) is 37.0 Å². The third kappa shape index (κ3) is 4.84. The van der Waals surface area contributed by atoms with E-state index in [4.69, 9.17) is 17.3 Å². The average Bonchev–Trinajstić information content (AvgIpc) is 2.28. The van der Waals surface area contributed by atoms with Gasteiger partial charge in [0, 0.05) is 30.6 Å². The van der Waals surface area contributed by atoms with E-state index >= 15 is 0 Å². The van der Waals surface area contributed by atoms with Gasteiger partial charge in [0.15, 0.2) is 0 Å². The lowest BCUT2D eigenvalue weighted by atomic mass is 10.1. The van der Waals surface area contributed by atoms with Gasteiger partial charge in [0.25, 0.3) is 0 Å². The number of hydrogen-bond acceptors (Lipinski definition) is 4. The molecule has 0 fully saturated rings. The van der Waals surface area contributed by atoms with Gasteiger partial charge < -0.3 is 10.6 Å². The van der Waals surface area contributed by atoms with Crippen molar-refractivity contribution in [1.29, 1.82) is 0 Å². The smallest absolute Gasteiger partial charge is 0.149 e. The molecule has 1 aromatic carbocycles. The minimum atomic E-state index is -2.95. The van der Waals surface area contributed by atoms with Crippen LogP contribution in [0.5, 0.6) is 0 Å². The Morgan fingerprint density at radius 2 is 2.06 bits per heavy atom. The summed E-state index contributed by atoms with van der Waals surface area (Å²) < 4.78 is 22.2. The van der Waals surface area contributed by atoms with E-state index in [1.54, 1.807) is 0 Å². The van der Waals surface area contributed by atoms with Crippen LogP contribution in [0.1, 0.15) is 5.56 Å². The van der Waals surface area contributed by atoms with Gasteiger partial charge in [0.2, 0.25) is 0 Å². The molecule has 0 unspecified atom stereocenters. The Kier molecular flexibility index (Phi) is 5.44. The molecule has 0 aliphatic heterocycles. The van der Waals surface area contributed by atoms with Crippen LogP contribution in [0.15, 0.2) is 18.2 Å². The molecular formula is C12H19ClN2O2S. The van der Waals surface area contributed by atoms with Crippen LogP contribution in [-0.2, 0) is 16.3 Å². The molecule has 0 radical (unpaired) electrons. The number of benzene rings is 1. The van der Waals surface area contributed by atoms with Gasteiger partial charge in [-0.3, -0.25) is 0 Å². The Morgan fingerprint density at radius 3 is 2.56 bits per heavy atom. The fraction of sp³-hybridized carbons (Fsp3) is 0.500. The minimum Gasteiger partial charge on any atom is -0.374 e. The van der Waals surface area contributed by atoms with Crippen LogP contribution in [0.3, 0.4) is 0 Å². The summed E-state index contributed by atoms with van der Waals surface area (Å²) in [6.45, 7) is 1.01. The maximum Gasteiger partial charge on any atom is 0.149 e. The summed E-state index contributed by atoms with van der Waals surface area (Å²) in [6, 6.07) is 5.70. The monoisotopic (exact) mass is 290 g/mol. The number of hydrogen-bond donors (Lipinski definition) is 1. The van der Waals surface area contributed by atoms with Crippen molar-refractivity contribution in [3.05, 3.63) is 28.8 Å². The molecule has 0 saturated carbocycles. The predicted molar refractivity (Wildman–Crippen MR) is 77.2 cm³/mol. The molecule has 18 heavy (non-hydrogen) atoms. The number of halogens is 1. The lowest BCUT2D eigenvalue weighted by Gasteiger charge is -2.19. The number of nitrogens with zero attached hydrogens (tertiary/aromatic N) is 1. The summed E-state index contributed by atoms with van der Waals surface area (Å²) in [5.74, 6) is 0.131. The largest absolute Gasteiger partial charge is 0.374 e. The van der Waals surface area contributed by atoms with Crippen molar-refractivity contribution in [3.8, 4) is 0 Å². The third-order valence-electron chi connectivity index (χ3n) is 2.69. The van der Waals surface area contributed by atoms with Crippen LogP contribution in [0.25, 0.3) is 0 Å². The maximum absolute atomic E-state index is 11.1. The summed E-state index contributed by atoms with van der Waals surface area (Å²) in [5.41, 5.74) is 7.41. The van der Waals surface area contributed by atoms with Gasteiger partial charge in [0.05, 0.1) is 5.75 Å². The molecule has 2 N–H and O–H groups in total. The van der Waals surface area contributed by atoms with Gasteiger partial charge in [-0.15, -0.1) is 0 Å². The molecule has 0 amide bonds. The molecule has 0 spiro atoms. The zero-order chi connectivity index (χ0) is 13.8. The van der Waals surface area contributed by atoms with Crippen LogP contribution in [0.4, 0.5) is 5.69 Å². The van der Waals surface area contributed by atoms with Crippen molar-refractivity contribution < 1.29 is 8.42 Å². The zero-order valence-corrected chi connectivity index (χ0v) is 12.3. The number of nitrogens with two attached hydrogens (primary N) is 1. The molecule has 0 atom stereocenters. The first-order chi connectivity index (χ1) is 8.33. The van der Waals surface area contributed by atoms with E-state index in [1.807, 2.05) is 30.1 Å². The van der Waals surface area contributed by atoms with E-state index in [0.717, 1.165) is 17.7 Å². The van der Waals surface area contributed by atoms with E-state index in [-0.39, 0.29) is 5.75 Å². The van der Waals surface area contributed by atoms with E-state index < -0.39 is 9.84 Å². The second kappa shape index (κ2) is 6.41. The summed E-state index contributed by atoms with van der Waals surface area (Å²) >= 11 is 6.14. The molecule has 6 heteroatoms. The molecule has 0 heterocycles. The predicted octanol–water partition coefficient (Wildman–Crippen LogP) is 1.32. The van der Waals surface area contributed by atoms with Crippen LogP contribution in [0.2, 0.25) is 5.02 Å². The zero-order valence-electron chi connectivity index (χ0n) is 10.7. The molecule has 0 aliphatic rings. The molecule has 0 aromatic heterocycles. The normalized spacial score (nSPS) is 11.6. The number of rotatable bonds is 6. The second-order valence-corrected chi connectivity index (χ2v) is 7.03. The molecule has 0 bridgehead atoms. The van der Waals surface area contributed by atoms with Gasteiger partial charge >= 0.3 is 0 Å². The van der Waals surface area contributed by atoms with Gasteiger partial charge in [-0.05, 0) is 30.7 Å². The molecule has 1 rings (SSSR count). The summed E-state index contributed by atoms with van der Waals surface area (Å²) in [7, 11) is -1.10. The van der Waals surface area contributed by atoms with Crippen LogP contribution < -0.4 is 10.6 Å². The Morgan fingerprint density at radius 1 is 1.39 bits per heavy atom. The SMILES string of the molecule is CN(CCS(C)(=O)=O)c1ccc(CCN)c(Cl)c1. The van der Waals surface area contributed by atoms with Gasteiger partial charge in [-0.1, -0.05) is 17.7 Å². The number of sulfone groups is 1. The van der Waals surface area contributed by atoms with E-state index in [2.05, 4.69) is 0 Å². The summed E-state index contributed by atoms with van der Waals surface area (Å²) in [5, 5.41) is 0.671. The highest BCUT2D eigenvalue weighted by Crippen LogP contribution is 2.23. The molecular weight excluding hydrogens is 272 g/mol. The lowest BCUT2D eigenvalue weighted by Crippen LogP contribution is -2.24. The van der Waals surface area contributed by atoms with Gasteiger partial charge in [-0.25, -0.2) is 8.42 Å². The molecule has 0 aliphatic carbocycles. The molecule has 4 nitrogen and oxygen atoms in total. The standard InChI is InChI=1S/C12H19ClN2O2S/c1-15(7-8-18(2,16)17)11-4-3-10(5-6-14)12(13)9-11/h3-4,9H,5-8,14H2,1-2H3. The van der Waals surface area contributed by atoms with Crippen molar-refractivity contribution in [2.45, 2.75) is 6.42 Å². The molecule has 102 valence electrons. The van der Waals surface area contributed by atoms with Crippen LogP contribution >= 0.6 is 11.6 Å². The fourth-order valence-corrected chi connectivity index (χ4v) is 2.44. The van der Waals surface area contributed by atoms with Crippen LogP contribution in [0, 0.1) is 0 Å². The Hall–Kier alpha value is -0.780. The van der Waals surface area contributed by atoms with Gasteiger partial charge in [-0.2, -0.15) is 0 Å². The molecule has 1 aromatic rings. The highest BCUT2D eigenvalue weighted by molar-refractivity contribution is 7.90. The Balaban J connectivity index is 2.75. The first-order valence-electron chi connectivity index (χ1n) is 5.71. The quantitative estimate of drug-likeness (QED) is 0.858. The van der Waals surface area contributed by atoms with E-state index in [0.29, 0.717) is 18.1 Å². The molecule has 0 saturated heterocycles. The van der Waals surface area contributed by atoms with Gasteiger partial charge in [0.1, 0.15) is 9.84 Å². The fourth-order valence-electron chi connectivity index (χ4n) is 1.56. The Labute approximate surface area is 114 Å². The summed E-state index contributed by atoms with van der Waals surface area (Å²) in [6.07, 6.45) is 1.98. The highest BCUT2D eigenvalue weighted by Gasteiger charge is 2.08. The first-order valence-corrected chi connectivity index (χ1v) is 8.14. The number of anilines is 1. The average molecular weight is 291 g/mol. The van der Waals surface area contributed by atoms with Crippen molar-refractivity contribution in [2.24, 2.45) is 5.73 Å². The van der Waals surface area contributed by atoms with Crippen molar-refractivity contribution >= 4 is 27.1 Å². The Bertz CT molecular complexity index is 503. The van der Waals surface area contributed by atoms with Crippen LogP contribution in [-0.4, -0.2) is 40.6 Å².